The molecule has 1 aromatic carbocycles. The first-order chi connectivity index (χ1) is 15.5. The van der Waals surface area contributed by atoms with E-state index in [-0.39, 0.29) is 31.2 Å². The normalized spacial score (nSPS) is 17.1. The first-order valence-corrected chi connectivity index (χ1v) is 10.5. The van der Waals surface area contributed by atoms with E-state index in [4.69, 9.17) is 9.47 Å². The van der Waals surface area contributed by atoms with Crippen LogP contribution in [0, 0.1) is 12.7 Å². The van der Waals surface area contributed by atoms with Gasteiger partial charge in [-0.2, -0.15) is 18.2 Å². The molecule has 33 heavy (non-hydrogen) atoms. The van der Waals surface area contributed by atoms with Crippen LogP contribution in [0.2, 0.25) is 0 Å². The van der Waals surface area contributed by atoms with E-state index in [1.54, 1.807) is 6.07 Å². The van der Waals surface area contributed by atoms with Crippen molar-refractivity contribution in [3.05, 3.63) is 58.8 Å². The van der Waals surface area contributed by atoms with Crippen molar-refractivity contribution in [2.45, 2.75) is 39.0 Å². The van der Waals surface area contributed by atoms with Crippen molar-refractivity contribution in [3.63, 3.8) is 0 Å². The number of carbonyl (C=O) groups is 1. The van der Waals surface area contributed by atoms with Gasteiger partial charge < -0.3 is 14.4 Å². The number of carbonyl (C=O) groups excluding carboxylic acids is 1. The summed E-state index contributed by atoms with van der Waals surface area (Å²) in [6, 6.07) is 4.03. The molecule has 1 amide bonds. The number of benzene rings is 1. The van der Waals surface area contributed by atoms with Crippen LogP contribution < -0.4 is 4.74 Å². The zero-order valence-electron chi connectivity index (χ0n) is 18.5. The predicted octanol–water partition coefficient (Wildman–Crippen LogP) is 4.39. The summed E-state index contributed by atoms with van der Waals surface area (Å²) in [7, 11) is 0. The maximum absolute atomic E-state index is 13.3. The Kier molecular flexibility index (Phi) is 7.68. The molecule has 0 radical (unpaired) electrons. The lowest BCUT2D eigenvalue weighted by atomic mass is 10.1. The third kappa shape index (κ3) is 6.74. The molecular formula is C23H25F4N3O3. The van der Waals surface area contributed by atoms with Gasteiger partial charge in [0.25, 0.3) is 0 Å². The molecule has 1 unspecified atom stereocenters. The molecule has 2 aromatic rings. The van der Waals surface area contributed by atoms with E-state index in [0.29, 0.717) is 24.3 Å². The van der Waals surface area contributed by atoms with Crippen LogP contribution in [0.15, 0.2) is 30.3 Å². The zero-order valence-corrected chi connectivity index (χ0v) is 18.5. The molecule has 0 N–H and O–H groups in total. The molecule has 178 valence electrons. The second-order valence-corrected chi connectivity index (χ2v) is 8.01. The molecule has 0 spiro atoms. The lowest BCUT2D eigenvalue weighted by molar-refractivity contribution is -0.138. The minimum atomic E-state index is -4.74. The number of aryl methyl sites for hydroxylation is 1. The van der Waals surface area contributed by atoms with E-state index in [1.807, 2.05) is 20.8 Å². The second-order valence-electron chi connectivity index (χ2n) is 8.01. The summed E-state index contributed by atoms with van der Waals surface area (Å²) in [5.41, 5.74) is -0.652. The van der Waals surface area contributed by atoms with E-state index in [1.165, 1.54) is 4.90 Å². The molecule has 10 heteroatoms. The SMILES string of the molecule is Cc1cc(OCC2CN(C(=O)C=Cc3ccc(F)cc3C(F)(F)F)CCO2)nc(C(C)C)n1. The number of rotatable bonds is 6. The smallest absolute Gasteiger partial charge is 0.417 e. The van der Waals surface area contributed by atoms with Gasteiger partial charge in [-0.15, -0.1) is 0 Å². The fraction of sp³-hybridized carbons (Fsp3) is 0.435. The highest BCUT2D eigenvalue weighted by Crippen LogP contribution is 2.33. The Morgan fingerprint density at radius 1 is 1.30 bits per heavy atom. The number of aromatic nitrogens is 2. The summed E-state index contributed by atoms with van der Waals surface area (Å²) in [5, 5.41) is 0. The maximum atomic E-state index is 13.3. The molecule has 0 aliphatic carbocycles. The summed E-state index contributed by atoms with van der Waals surface area (Å²) in [5.74, 6) is -0.261. The average Bonchev–Trinajstić information content (AvgIpc) is 2.75. The number of morpholine rings is 1. The van der Waals surface area contributed by atoms with Crippen LogP contribution in [0.3, 0.4) is 0 Å². The number of nitrogens with zero attached hydrogens (tertiary/aromatic N) is 3. The number of alkyl halides is 3. The van der Waals surface area contributed by atoms with Crippen LogP contribution in [0.5, 0.6) is 5.88 Å². The molecule has 6 nitrogen and oxygen atoms in total. The summed E-state index contributed by atoms with van der Waals surface area (Å²) < 4.78 is 64.1. The van der Waals surface area contributed by atoms with Gasteiger partial charge in [0, 0.05) is 30.3 Å². The Balaban J connectivity index is 1.62. The molecule has 0 bridgehead atoms. The van der Waals surface area contributed by atoms with Crippen LogP contribution in [0.1, 0.15) is 42.4 Å². The lowest BCUT2D eigenvalue weighted by Gasteiger charge is -2.32. The molecule has 1 atom stereocenters. The number of halogens is 4. The van der Waals surface area contributed by atoms with Crippen molar-refractivity contribution in [2.24, 2.45) is 0 Å². The van der Waals surface area contributed by atoms with Gasteiger partial charge in [-0.25, -0.2) is 9.37 Å². The van der Waals surface area contributed by atoms with Crippen molar-refractivity contribution in [1.29, 1.82) is 0 Å². The monoisotopic (exact) mass is 467 g/mol. The number of amides is 1. The van der Waals surface area contributed by atoms with Crippen LogP contribution in [0.25, 0.3) is 6.08 Å². The Labute approximate surface area is 189 Å². The van der Waals surface area contributed by atoms with Gasteiger partial charge in [-0.05, 0) is 30.7 Å². The standard InChI is InChI=1S/C23H25F4N3O3/c1-14(2)22-28-15(3)10-20(29-22)33-13-18-12-30(8-9-32-18)21(31)7-5-16-4-6-17(24)11-19(16)23(25,26)27/h4-7,10-11,14,18H,8-9,12-13H2,1-3H3. The highest BCUT2D eigenvalue weighted by molar-refractivity contribution is 5.92. The largest absolute Gasteiger partial charge is 0.475 e. The Morgan fingerprint density at radius 2 is 2.06 bits per heavy atom. The molecule has 1 aromatic heterocycles. The predicted molar refractivity (Wildman–Crippen MR) is 113 cm³/mol. The summed E-state index contributed by atoms with van der Waals surface area (Å²) >= 11 is 0. The van der Waals surface area contributed by atoms with E-state index in [9.17, 15) is 22.4 Å². The third-order valence-corrected chi connectivity index (χ3v) is 4.96. The summed E-state index contributed by atoms with van der Waals surface area (Å²) in [6.07, 6.45) is -3.07. The van der Waals surface area contributed by atoms with Crippen LogP contribution >= 0.6 is 0 Å². The highest BCUT2D eigenvalue weighted by atomic mass is 19.4. The van der Waals surface area contributed by atoms with Crippen molar-refractivity contribution in [3.8, 4) is 5.88 Å². The molecular weight excluding hydrogens is 442 g/mol. The fourth-order valence-electron chi connectivity index (χ4n) is 3.28. The molecule has 3 rings (SSSR count). The zero-order chi connectivity index (χ0) is 24.2. The van der Waals surface area contributed by atoms with Crippen LogP contribution in [-0.2, 0) is 15.7 Å². The minimum absolute atomic E-state index is 0.136. The van der Waals surface area contributed by atoms with Crippen LogP contribution in [-0.4, -0.2) is 53.2 Å². The second kappa shape index (κ2) is 10.3. The first-order valence-electron chi connectivity index (χ1n) is 10.5. The number of ether oxygens (including phenoxy) is 2. The minimum Gasteiger partial charge on any atom is -0.475 e. The van der Waals surface area contributed by atoms with Gasteiger partial charge in [0.05, 0.1) is 18.7 Å². The van der Waals surface area contributed by atoms with Crippen molar-refractivity contribution < 1.29 is 31.8 Å². The van der Waals surface area contributed by atoms with Gasteiger partial charge in [-0.1, -0.05) is 19.9 Å². The highest BCUT2D eigenvalue weighted by Gasteiger charge is 2.33. The maximum Gasteiger partial charge on any atom is 0.417 e. The van der Waals surface area contributed by atoms with Crippen molar-refractivity contribution in [1.82, 2.24) is 14.9 Å². The molecule has 1 fully saturated rings. The molecule has 0 saturated carbocycles. The van der Waals surface area contributed by atoms with Gasteiger partial charge >= 0.3 is 6.18 Å². The van der Waals surface area contributed by atoms with E-state index in [2.05, 4.69) is 9.97 Å². The third-order valence-electron chi connectivity index (χ3n) is 4.96. The topological polar surface area (TPSA) is 64.5 Å². The van der Waals surface area contributed by atoms with Crippen molar-refractivity contribution >= 4 is 12.0 Å². The molecule has 1 saturated heterocycles. The fourth-order valence-corrected chi connectivity index (χ4v) is 3.28. The first kappa shape index (κ1) is 24.6. The number of hydrogen-bond donors (Lipinski definition) is 0. The lowest BCUT2D eigenvalue weighted by Crippen LogP contribution is -2.47. The Morgan fingerprint density at radius 3 is 2.76 bits per heavy atom. The van der Waals surface area contributed by atoms with Gasteiger partial charge in [-0.3, -0.25) is 4.79 Å². The number of hydrogen-bond acceptors (Lipinski definition) is 5. The Hall–Kier alpha value is -3.01. The van der Waals surface area contributed by atoms with E-state index in [0.717, 1.165) is 30.0 Å². The molecule has 1 aliphatic heterocycles. The van der Waals surface area contributed by atoms with Gasteiger partial charge in [0.15, 0.2) is 0 Å². The van der Waals surface area contributed by atoms with E-state index < -0.39 is 29.6 Å². The van der Waals surface area contributed by atoms with Crippen molar-refractivity contribution in [2.75, 3.05) is 26.3 Å². The van der Waals surface area contributed by atoms with E-state index >= 15 is 0 Å². The van der Waals surface area contributed by atoms with Gasteiger partial charge in [0.1, 0.15) is 24.4 Å². The summed E-state index contributed by atoms with van der Waals surface area (Å²) in [6.45, 7) is 6.71. The quantitative estimate of drug-likeness (QED) is 0.466. The summed E-state index contributed by atoms with van der Waals surface area (Å²) in [4.78, 5) is 22.7. The Bertz CT molecular complexity index is 1020. The molecule has 2 heterocycles. The van der Waals surface area contributed by atoms with Gasteiger partial charge in [0.2, 0.25) is 11.8 Å². The molecule has 1 aliphatic rings. The average molecular weight is 467 g/mol. The van der Waals surface area contributed by atoms with Crippen LogP contribution in [0.4, 0.5) is 17.6 Å².